The molecule has 6 heteroatoms. The summed E-state index contributed by atoms with van der Waals surface area (Å²) in [5, 5.41) is 13.5. The summed E-state index contributed by atoms with van der Waals surface area (Å²) >= 11 is 9.81. The van der Waals surface area contributed by atoms with E-state index in [1.54, 1.807) is 0 Å². The van der Waals surface area contributed by atoms with E-state index in [-0.39, 0.29) is 0 Å². The summed E-state index contributed by atoms with van der Waals surface area (Å²) < 4.78 is 6.91. The van der Waals surface area contributed by atoms with Crippen molar-refractivity contribution in [1.29, 1.82) is 0 Å². The molecule has 0 saturated carbocycles. The second kappa shape index (κ2) is 9.35. The highest BCUT2D eigenvalue weighted by molar-refractivity contribution is 9.10. The summed E-state index contributed by atoms with van der Waals surface area (Å²) in [6.45, 7) is 4.83. The molecule has 1 atom stereocenters. The van der Waals surface area contributed by atoms with Crippen LogP contribution in [-0.4, -0.2) is 50.5 Å². The van der Waals surface area contributed by atoms with Crippen LogP contribution in [0.15, 0.2) is 65.1 Å². The van der Waals surface area contributed by atoms with Crippen molar-refractivity contribution in [1.82, 2.24) is 0 Å². The molecule has 0 aromatic heterocycles. The van der Waals surface area contributed by atoms with Crippen LogP contribution in [0.5, 0.6) is 5.75 Å². The van der Waals surface area contributed by atoms with Gasteiger partial charge in [-0.2, -0.15) is 0 Å². The van der Waals surface area contributed by atoms with Gasteiger partial charge in [-0.05, 0) is 47.2 Å². The van der Waals surface area contributed by atoms with Crippen LogP contribution >= 0.6 is 27.5 Å². The summed E-state index contributed by atoms with van der Waals surface area (Å²) in [4.78, 5) is 3.72. The zero-order valence-electron chi connectivity index (χ0n) is 16.2. The first-order valence-electron chi connectivity index (χ1n) is 9.92. The molecule has 2 N–H and O–H groups in total. The van der Waals surface area contributed by atoms with Gasteiger partial charge in [0.1, 0.15) is 25.0 Å². The Morgan fingerprint density at radius 1 is 1.03 bits per heavy atom. The zero-order chi connectivity index (χ0) is 20.2. The molecule has 1 fully saturated rings. The minimum atomic E-state index is -0.488. The molecule has 0 amide bonds. The lowest BCUT2D eigenvalue weighted by molar-refractivity contribution is -0.903. The van der Waals surface area contributed by atoms with Crippen LogP contribution in [-0.2, 0) is 0 Å². The number of aliphatic hydroxyl groups excluding tert-OH is 1. The van der Waals surface area contributed by atoms with Gasteiger partial charge in [0.25, 0.3) is 0 Å². The monoisotopic (exact) mass is 475 g/mol. The van der Waals surface area contributed by atoms with E-state index in [1.165, 1.54) is 4.90 Å². The van der Waals surface area contributed by atoms with Gasteiger partial charge in [-0.25, -0.2) is 0 Å². The topological polar surface area (TPSA) is 37.1 Å². The van der Waals surface area contributed by atoms with Crippen molar-refractivity contribution in [3.05, 3.63) is 70.2 Å². The third-order valence-electron chi connectivity index (χ3n) is 5.40. The van der Waals surface area contributed by atoms with Gasteiger partial charge >= 0.3 is 0 Å². The maximum absolute atomic E-state index is 10.5. The van der Waals surface area contributed by atoms with Crippen molar-refractivity contribution in [3.63, 3.8) is 0 Å². The molecule has 29 heavy (non-hydrogen) atoms. The quantitative estimate of drug-likeness (QED) is 0.573. The Balaban J connectivity index is 1.26. The molecule has 3 aromatic carbocycles. The number of quaternary nitrogens is 1. The van der Waals surface area contributed by atoms with Crippen molar-refractivity contribution >= 4 is 44.0 Å². The number of aliphatic hydroxyl groups is 1. The van der Waals surface area contributed by atoms with Crippen molar-refractivity contribution in [2.75, 3.05) is 44.2 Å². The second-order valence-corrected chi connectivity index (χ2v) is 8.83. The Morgan fingerprint density at radius 3 is 2.55 bits per heavy atom. The molecule has 0 radical (unpaired) electrons. The molecule has 1 heterocycles. The zero-order valence-corrected chi connectivity index (χ0v) is 18.5. The molecular weight excluding hydrogens is 452 g/mol. The molecule has 3 aromatic rings. The highest BCUT2D eigenvalue weighted by Crippen LogP contribution is 2.25. The van der Waals surface area contributed by atoms with Crippen LogP contribution in [0.3, 0.4) is 0 Å². The van der Waals surface area contributed by atoms with Crippen LogP contribution in [0.1, 0.15) is 0 Å². The molecule has 152 valence electrons. The van der Waals surface area contributed by atoms with Gasteiger partial charge < -0.3 is 19.6 Å². The third-order valence-corrected chi connectivity index (χ3v) is 6.22. The molecule has 0 bridgehead atoms. The fourth-order valence-electron chi connectivity index (χ4n) is 3.85. The summed E-state index contributed by atoms with van der Waals surface area (Å²) in [7, 11) is 0. The van der Waals surface area contributed by atoms with E-state index in [0.29, 0.717) is 13.2 Å². The number of ether oxygens (including phenoxy) is 1. The van der Waals surface area contributed by atoms with Gasteiger partial charge in [-0.1, -0.05) is 51.8 Å². The molecule has 1 aliphatic rings. The summed E-state index contributed by atoms with van der Waals surface area (Å²) in [6.07, 6.45) is -0.488. The van der Waals surface area contributed by atoms with Gasteiger partial charge in [-0.3, -0.25) is 0 Å². The lowest BCUT2D eigenvalue weighted by Crippen LogP contribution is -3.16. The molecular formula is C23H25BrClN2O2+. The van der Waals surface area contributed by atoms with Crippen LogP contribution in [0.25, 0.3) is 10.8 Å². The minimum absolute atomic E-state index is 0.305. The number of para-hydroxylation sites is 1. The maximum Gasteiger partial charge on any atom is 0.137 e. The number of fused-ring (bicyclic) bond motifs is 1. The smallest absolute Gasteiger partial charge is 0.137 e. The van der Waals surface area contributed by atoms with E-state index in [2.05, 4.69) is 39.0 Å². The number of anilines is 1. The number of hydrogen-bond acceptors (Lipinski definition) is 3. The van der Waals surface area contributed by atoms with Gasteiger partial charge in [0.2, 0.25) is 0 Å². The number of benzene rings is 3. The lowest BCUT2D eigenvalue weighted by atomic mass is 10.1. The number of rotatable bonds is 6. The lowest BCUT2D eigenvalue weighted by Gasteiger charge is -2.34. The highest BCUT2D eigenvalue weighted by Gasteiger charge is 2.23. The van der Waals surface area contributed by atoms with E-state index in [4.69, 9.17) is 16.3 Å². The fraction of sp³-hybridized carbons (Fsp3) is 0.304. The minimum Gasteiger partial charge on any atom is -0.491 e. The van der Waals surface area contributed by atoms with E-state index in [9.17, 15) is 5.11 Å². The maximum atomic E-state index is 10.5. The Kier molecular flexibility index (Phi) is 6.60. The number of piperazine rings is 1. The number of halogens is 2. The Morgan fingerprint density at radius 2 is 1.76 bits per heavy atom. The first kappa shape index (κ1) is 20.5. The molecule has 1 saturated heterocycles. The van der Waals surface area contributed by atoms with E-state index in [1.807, 2.05) is 42.5 Å². The predicted molar refractivity (Wildman–Crippen MR) is 122 cm³/mol. The average molecular weight is 477 g/mol. The highest BCUT2D eigenvalue weighted by atomic mass is 79.9. The van der Waals surface area contributed by atoms with Crippen molar-refractivity contribution in [2.45, 2.75) is 6.10 Å². The van der Waals surface area contributed by atoms with Crippen molar-refractivity contribution < 1.29 is 14.7 Å². The molecule has 1 aliphatic heterocycles. The van der Waals surface area contributed by atoms with Crippen LogP contribution in [0, 0.1) is 0 Å². The van der Waals surface area contributed by atoms with Gasteiger partial charge in [0.15, 0.2) is 0 Å². The molecule has 0 spiro atoms. The fourth-order valence-corrected chi connectivity index (χ4v) is 4.48. The van der Waals surface area contributed by atoms with Gasteiger partial charge in [0.05, 0.1) is 36.9 Å². The third kappa shape index (κ3) is 5.23. The van der Waals surface area contributed by atoms with Crippen LogP contribution < -0.4 is 14.5 Å². The van der Waals surface area contributed by atoms with Crippen LogP contribution in [0.4, 0.5) is 5.69 Å². The number of nitrogens with zero attached hydrogens (tertiary/aromatic N) is 1. The summed E-state index contributed by atoms with van der Waals surface area (Å²) in [5.74, 6) is 0.789. The largest absolute Gasteiger partial charge is 0.491 e. The Labute approximate surface area is 184 Å². The number of hydrogen-bond donors (Lipinski definition) is 2. The SMILES string of the molecule is OC(COc1ccc2cc(Br)ccc2c1)C[NH+]1CCN(c2ccccc2Cl)CC1. The first-order valence-corrected chi connectivity index (χ1v) is 11.1. The first-order chi connectivity index (χ1) is 14.1. The normalized spacial score (nSPS) is 16.2. The molecule has 4 nitrogen and oxygen atoms in total. The van der Waals surface area contributed by atoms with Crippen LogP contribution in [0.2, 0.25) is 5.02 Å². The van der Waals surface area contributed by atoms with E-state index < -0.39 is 6.10 Å². The van der Waals surface area contributed by atoms with Gasteiger partial charge in [-0.15, -0.1) is 0 Å². The molecule has 4 rings (SSSR count). The van der Waals surface area contributed by atoms with E-state index in [0.717, 1.165) is 57.9 Å². The van der Waals surface area contributed by atoms with Crippen molar-refractivity contribution in [3.8, 4) is 5.75 Å². The second-order valence-electron chi connectivity index (χ2n) is 7.51. The van der Waals surface area contributed by atoms with E-state index >= 15 is 0 Å². The Hall–Kier alpha value is -1.79. The predicted octanol–water partition coefficient (Wildman–Crippen LogP) is 3.40. The summed E-state index contributed by atoms with van der Waals surface area (Å²) in [5.41, 5.74) is 1.10. The van der Waals surface area contributed by atoms with Crippen molar-refractivity contribution in [2.24, 2.45) is 0 Å². The standard InChI is InChI=1S/C23H24BrClN2O2/c24-19-7-5-18-14-21(8-6-17(18)13-19)29-16-20(28)15-26-9-11-27(12-10-26)23-4-2-1-3-22(23)25/h1-8,13-14,20,28H,9-12,15-16H2/p+1. The molecule has 0 aliphatic carbocycles. The Bertz CT molecular complexity index is 976. The molecule has 1 unspecified atom stereocenters. The van der Waals surface area contributed by atoms with Gasteiger partial charge in [0, 0.05) is 4.47 Å². The average Bonchev–Trinajstić information content (AvgIpc) is 2.73. The number of nitrogens with one attached hydrogen (secondary N) is 1. The summed E-state index contributed by atoms with van der Waals surface area (Å²) in [6, 6.07) is 20.2.